The van der Waals surface area contributed by atoms with E-state index in [4.69, 9.17) is 14.6 Å². The maximum Gasteiger partial charge on any atom is 0.433 e. The third kappa shape index (κ3) is 5.46. The van der Waals surface area contributed by atoms with Crippen molar-refractivity contribution in [1.82, 2.24) is 9.97 Å². The fourth-order valence-corrected chi connectivity index (χ4v) is 3.52. The fraction of sp³-hybridized carbons (Fsp3) is 0.190. The molecule has 0 aliphatic rings. The zero-order valence-electron chi connectivity index (χ0n) is 16.4. The number of hydrogen-bond donors (Lipinski definition) is 1. The van der Waals surface area contributed by atoms with E-state index in [0.717, 1.165) is 17.8 Å². The first-order chi connectivity index (χ1) is 14.7. The number of aromatic carboxylic acids is 1. The quantitative estimate of drug-likeness (QED) is 0.393. The second-order valence-electron chi connectivity index (χ2n) is 6.28. The second kappa shape index (κ2) is 9.25. The first-order valence-corrected chi connectivity index (χ1v) is 9.83. The Morgan fingerprint density at radius 1 is 1.03 bits per heavy atom. The minimum absolute atomic E-state index is 0.0741. The van der Waals surface area contributed by atoms with Gasteiger partial charge in [0.25, 0.3) is 0 Å². The number of carboxylic acid groups (broad SMARTS) is 1. The summed E-state index contributed by atoms with van der Waals surface area (Å²) in [5.41, 5.74) is 0.118. The van der Waals surface area contributed by atoms with Gasteiger partial charge in [0.1, 0.15) is 5.69 Å². The molecule has 0 aliphatic carbocycles. The molecule has 1 N–H and O–H groups in total. The number of ether oxygens (including phenoxy) is 2. The third-order valence-electron chi connectivity index (χ3n) is 4.22. The Kier molecular flexibility index (Phi) is 6.69. The number of thioether (sulfide) groups is 1. The van der Waals surface area contributed by atoms with Gasteiger partial charge in [-0.3, -0.25) is 0 Å². The van der Waals surface area contributed by atoms with Crippen molar-refractivity contribution in [3.63, 3.8) is 0 Å². The minimum atomic E-state index is -4.66. The van der Waals surface area contributed by atoms with Gasteiger partial charge < -0.3 is 14.6 Å². The number of aromatic nitrogens is 2. The Morgan fingerprint density at radius 3 is 2.42 bits per heavy atom. The van der Waals surface area contributed by atoms with Crippen LogP contribution in [0.25, 0.3) is 11.3 Å². The van der Waals surface area contributed by atoms with Gasteiger partial charge in [-0.25, -0.2) is 14.8 Å². The van der Waals surface area contributed by atoms with Crippen molar-refractivity contribution < 1.29 is 32.5 Å². The van der Waals surface area contributed by atoms with Crippen molar-refractivity contribution in [1.29, 1.82) is 0 Å². The molecule has 3 rings (SSSR count). The van der Waals surface area contributed by atoms with E-state index >= 15 is 0 Å². The molecule has 0 radical (unpaired) electrons. The summed E-state index contributed by atoms with van der Waals surface area (Å²) in [5.74, 6) is -0.0950. The lowest BCUT2D eigenvalue weighted by atomic mass is 10.1. The predicted octanol–water partition coefficient (Wildman–Crippen LogP) is 5.17. The third-order valence-corrected chi connectivity index (χ3v) is 5.14. The summed E-state index contributed by atoms with van der Waals surface area (Å²) >= 11 is 0.980. The number of rotatable bonds is 7. The smallest absolute Gasteiger partial charge is 0.433 e. The van der Waals surface area contributed by atoms with Gasteiger partial charge in [-0.2, -0.15) is 13.2 Å². The molecule has 10 heteroatoms. The van der Waals surface area contributed by atoms with Gasteiger partial charge in [0.05, 0.1) is 25.5 Å². The van der Waals surface area contributed by atoms with E-state index in [2.05, 4.69) is 9.97 Å². The number of benzene rings is 2. The number of methoxy groups -OCH3 is 2. The molecule has 0 bridgehead atoms. The highest BCUT2D eigenvalue weighted by Crippen LogP contribution is 2.35. The standard InChI is InChI=1S/C21H17F3N2O4S/c1-29-16-7-6-13(9-17(16)30-2)15-10-18(21(22,23)24)26-20(25-15)31-11-12-4-3-5-14(8-12)19(27)28/h3-10H,11H2,1-2H3,(H,27,28). The molecule has 0 saturated carbocycles. The molecule has 0 fully saturated rings. The molecule has 1 aromatic heterocycles. The maximum atomic E-state index is 13.4. The Hall–Kier alpha value is -3.27. The Bertz CT molecular complexity index is 1110. The molecule has 0 unspecified atom stereocenters. The van der Waals surface area contributed by atoms with Crippen LogP contribution in [0.3, 0.4) is 0 Å². The predicted molar refractivity (Wildman–Crippen MR) is 109 cm³/mol. The fourth-order valence-electron chi connectivity index (χ4n) is 2.72. The first kappa shape index (κ1) is 22.4. The van der Waals surface area contributed by atoms with E-state index in [0.29, 0.717) is 22.6 Å². The zero-order chi connectivity index (χ0) is 22.6. The van der Waals surface area contributed by atoms with Gasteiger partial charge in [-0.05, 0) is 42.0 Å². The average molecular weight is 450 g/mol. The zero-order valence-corrected chi connectivity index (χ0v) is 17.3. The molecule has 3 aromatic rings. The summed E-state index contributed by atoms with van der Waals surface area (Å²) in [6.45, 7) is 0. The highest BCUT2D eigenvalue weighted by atomic mass is 32.2. The minimum Gasteiger partial charge on any atom is -0.493 e. The Morgan fingerprint density at radius 2 is 1.77 bits per heavy atom. The van der Waals surface area contributed by atoms with Crippen LogP contribution in [-0.4, -0.2) is 35.3 Å². The molecule has 0 spiro atoms. The van der Waals surface area contributed by atoms with Crippen molar-refractivity contribution >= 4 is 17.7 Å². The monoisotopic (exact) mass is 450 g/mol. The van der Waals surface area contributed by atoms with Crippen molar-refractivity contribution in [2.24, 2.45) is 0 Å². The van der Waals surface area contributed by atoms with Crippen molar-refractivity contribution in [3.05, 3.63) is 65.4 Å². The van der Waals surface area contributed by atoms with E-state index in [9.17, 15) is 18.0 Å². The van der Waals surface area contributed by atoms with Crippen molar-refractivity contribution in [2.45, 2.75) is 17.1 Å². The van der Waals surface area contributed by atoms with Crippen molar-refractivity contribution in [2.75, 3.05) is 14.2 Å². The van der Waals surface area contributed by atoms with Crippen LogP contribution in [0.2, 0.25) is 0 Å². The molecule has 162 valence electrons. The number of nitrogens with zero attached hydrogens (tertiary/aromatic N) is 2. The largest absolute Gasteiger partial charge is 0.493 e. The van der Waals surface area contributed by atoms with Crippen LogP contribution in [0, 0.1) is 0 Å². The van der Waals surface area contributed by atoms with E-state index in [1.165, 1.54) is 32.4 Å². The van der Waals surface area contributed by atoms with E-state index < -0.39 is 17.8 Å². The van der Waals surface area contributed by atoms with Crippen LogP contribution in [0.5, 0.6) is 11.5 Å². The van der Waals surface area contributed by atoms with Gasteiger partial charge >= 0.3 is 12.1 Å². The summed E-state index contributed by atoms with van der Waals surface area (Å²) in [6.07, 6.45) is -4.66. The molecule has 1 heterocycles. The van der Waals surface area contributed by atoms with Gasteiger partial charge in [-0.15, -0.1) is 0 Å². The number of halogens is 3. The summed E-state index contributed by atoms with van der Waals surface area (Å²) < 4.78 is 50.6. The number of carboxylic acids is 1. The Labute approximate surface area is 180 Å². The summed E-state index contributed by atoms with van der Waals surface area (Å²) in [5, 5.41) is 9.00. The van der Waals surface area contributed by atoms with Crippen LogP contribution in [0.1, 0.15) is 21.6 Å². The topological polar surface area (TPSA) is 81.5 Å². The molecule has 0 amide bonds. The molecule has 0 atom stereocenters. The summed E-state index contributed by atoms with van der Waals surface area (Å²) in [7, 11) is 2.88. The molecular weight excluding hydrogens is 433 g/mol. The van der Waals surface area contributed by atoms with Crippen LogP contribution in [0.4, 0.5) is 13.2 Å². The summed E-state index contributed by atoms with van der Waals surface area (Å²) in [4.78, 5) is 19.0. The van der Waals surface area contributed by atoms with Crippen LogP contribution in [-0.2, 0) is 11.9 Å². The van der Waals surface area contributed by atoms with Gasteiger partial charge in [0.15, 0.2) is 16.7 Å². The lowest BCUT2D eigenvalue weighted by Crippen LogP contribution is -2.10. The highest BCUT2D eigenvalue weighted by Gasteiger charge is 2.34. The van der Waals surface area contributed by atoms with Crippen molar-refractivity contribution in [3.8, 4) is 22.8 Å². The SMILES string of the molecule is COc1ccc(-c2cc(C(F)(F)F)nc(SCc3cccc(C(=O)O)c3)n2)cc1OC. The molecule has 0 saturated heterocycles. The van der Waals surface area contributed by atoms with Crippen LogP contribution >= 0.6 is 11.8 Å². The number of carbonyl (C=O) groups is 1. The van der Waals surface area contributed by atoms with Gasteiger partial charge in [-0.1, -0.05) is 23.9 Å². The van der Waals surface area contributed by atoms with E-state index in [1.807, 2.05) is 0 Å². The molecule has 6 nitrogen and oxygen atoms in total. The average Bonchev–Trinajstić information content (AvgIpc) is 2.76. The summed E-state index contributed by atoms with van der Waals surface area (Å²) in [6, 6.07) is 11.7. The molecule has 2 aromatic carbocycles. The maximum absolute atomic E-state index is 13.4. The van der Waals surface area contributed by atoms with Crippen LogP contribution in [0.15, 0.2) is 53.7 Å². The second-order valence-corrected chi connectivity index (χ2v) is 7.23. The lowest BCUT2D eigenvalue weighted by molar-refractivity contribution is -0.141. The normalized spacial score (nSPS) is 11.3. The molecule has 31 heavy (non-hydrogen) atoms. The van der Waals surface area contributed by atoms with Gasteiger partial charge in [0, 0.05) is 11.3 Å². The van der Waals surface area contributed by atoms with E-state index in [-0.39, 0.29) is 22.2 Å². The number of hydrogen-bond acceptors (Lipinski definition) is 6. The Balaban J connectivity index is 1.96. The molecule has 0 aliphatic heterocycles. The van der Waals surface area contributed by atoms with Crippen LogP contribution < -0.4 is 9.47 Å². The first-order valence-electron chi connectivity index (χ1n) is 8.85. The number of alkyl halides is 3. The lowest BCUT2D eigenvalue weighted by Gasteiger charge is -2.12. The van der Waals surface area contributed by atoms with E-state index in [1.54, 1.807) is 24.3 Å². The molecular formula is C21H17F3N2O4S. The van der Waals surface area contributed by atoms with Gasteiger partial charge in [0.2, 0.25) is 0 Å². The highest BCUT2D eigenvalue weighted by molar-refractivity contribution is 7.98.